The van der Waals surface area contributed by atoms with E-state index in [2.05, 4.69) is 16.4 Å². The largest absolute Gasteiger partial charge is 0.453 e. The number of esters is 1. The maximum Gasteiger partial charge on any atom is 0.306 e. The van der Waals surface area contributed by atoms with Crippen LogP contribution in [0.15, 0.2) is 29.1 Å². The van der Waals surface area contributed by atoms with Gasteiger partial charge in [-0.3, -0.25) is 14.4 Å². The Morgan fingerprint density at radius 3 is 2.81 bits per heavy atom. The number of nitrogens with one attached hydrogen (secondary N) is 2. The number of nitriles is 1. The molecule has 0 aliphatic heterocycles. The molecule has 0 bridgehead atoms. The van der Waals surface area contributed by atoms with Crippen LogP contribution in [-0.4, -0.2) is 23.0 Å². The molecule has 0 unspecified atom stereocenters. The molecule has 7 heteroatoms. The van der Waals surface area contributed by atoms with Crippen molar-refractivity contribution >= 4 is 11.9 Å². The van der Waals surface area contributed by atoms with Crippen molar-refractivity contribution in [1.82, 2.24) is 10.3 Å². The maximum atomic E-state index is 12.6. The first-order valence-corrected chi connectivity index (χ1v) is 10.5. The molecule has 31 heavy (non-hydrogen) atoms. The first-order chi connectivity index (χ1) is 14.8. The van der Waals surface area contributed by atoms with Gasteiger partial charge in [0.05, 0.1) is 6.04 Å². The minimum atomic E-state index is -0.908. The number of ether oxygens (including phenoxy) is 1. The summed E-state index contributed by atoms with van der Waals surface area (Å²) < 4.78 is 5.34. The van der Waals surface area contributed by atoms with Crippen LogP contribution >= 0.6 is 0 Å². The Morgan fingerprint density at radius 2 is 2.06 bits per heavy atom. The zero-order chi connectivity index (χ0) is 22.5. The lowest BCUT2D eigenvalue weighted by Crippen LogP contribution is -2.39. The molecule has 1 heterocycles. The molecule has 2 aromatic rings. The molecule has 1 amide bonds. The number of H-pyrrole nitrogens is 1. The van der Waals surface area contributed by atoms with E-state index < -0.39 is 17.6 Å². The third kappa shape index (κ3) is 5.02. The summed E-state index contributed by atoms with van der Waals surface area (Å²) >= 11 is 0. The highest BCUT2D eigenvalue weighted by Crippen LogP contribution is 2.29. The van der Waals surface area contributed by atoms with Gasteiger partial charge in [0.15, 0.2) is 6.10 Å². The molecule has 0 radical (unpaired) electrons. The van der Waals surface area contributed by atoms with E-state index in [1.807, 2.05) is 24.3 Å². The molecule has 7 nitrogen and oxygen atoms in total. The Kier molecular flexibility index (Phi) is 6.91. The number of rotatable bonds is 6. The molecule has 2 atom stereocenters. The summed E-state index contributed by atoms with van der Waals surface area (Å²) in [4.78, 5) is 39.4. The van der Waals surface area contributed by atoms with Crippen LogP contribution < -0.4 is 10.9 Å². The van der Waals surface area contributed by atoms with Gasteiger partial charge < -0.3 is 15.0 Å². The second-order valence-electron chi connectivity index (χ2n) is 7.95. The monoisotopic (exact) mass is 421 g/mol. The number of hydrogen-bond donors (Lipinski definition) is 2. The van der Waals surface area contributed by atoms with Crippen LogP contribution in [0, 0.1) is 25.2 Å². The fraction of sp³-hybridized carbons (Fsp3) is 0.417. The second kappa shape index (κ2) is 9.61. The van der Waals surface area contributed by atoms with Crippen molar-refractivity contribution in [2.45, 2.75) is 65.0 Å². The van der Waals surface area contributed by atoms with Crippen molar-refractivity contribution in [1.29, 1.82) is 5.26 Å². The van der Waals surface area contributed by atoms with Crippen LogP contribution in [-0.2, 0) is 27.2 Å². The lowest BCUT2D eigenvalue weighted by molar-refractivity contribution is -0.155. The van der Waals surface area contributed by atoms with Crippen LogP contribution in [0.3, 0.4) is 0 Å². The molecule has 0 spiro atoms. The summed E-state index contributed by atoms with van der Waals surface area (Å²) in [6, 6.07) is 9.89. The predicted octanol–water partition coefficient (Wildman–Crippen LogP) is 2.92. The van der Waals surface area contributed by atoms with Gasteiger partial charge in [0, 0.05) is 12.1 Å². The normalized spacial score (nSPS) is 16.0. The Balaban J connectivity index is 1.58. The number of amides is 1. The predicted molar refractivity (Wildman–Crippen MR) is 115 cm³/mol. The number of aromatic nitrogens is 1. The van der Waals surface area contributed by atoms with Gasteiger partial charge in [-0.2, -0.15) is 5.26 Å². The first-order valence-electron chi connectivity index (χ1n) is 10.5. The minimum Gasteiger partial charge on any atom is -0.453 e. The van der Waals surface area contributed by atoms with Gasteiger partial charge in [-0.05, 0) is 68.7 Å². The summed E-state index contributed by atoms with van der Waals surface area (Å²) in [6.07, 6.45) is 2.31. The zero-order valence-corrected chi connectivity index (χ0v) is 18.1. The van der Waals surface area contributed by atoms with Gasteiger partial charge in [0.2, 0.25) is 0 Å². The molecule has 1 aliphatic carbocycles. The molecule has 0 saturated carbocycles. The third-order valence-corrected chi connectivity index (χ3v) is 5.86. The number of fused-ring (bicyclic) bond motifs is 1. The average Bonchev–Trinajstić information content (AvgIpc) is 2.73. The van der Waals surface area contributed by atoms with Gasteiger partial charge in [-0.15, -0.1) is 0 Å². The number of pyridine rings is 1. The number of nitrogens with zero attached hydrogens (tertiary/aromatic N) is 1. The number of benzene rings is 1. The van der Waals surface area contributed by atoms with E-state index in [0.717, 1.165) is 30.4 Å². The molecule has 1 aliphatic rings. The minimum absolute atomic E-state index is 0.0441. The van der Waals surface area contributed by atoms with E-state index in [0.29, 0.717) is 17.7 Å². The van der Waals surface area contributed by atoms with Crippen LogP contribution in [0.25, 0.3) is 0 Å². The first kappa shape index (κ1) is 22.3. The van der Waals surface area contributed by atoms with Gasteiger partial charge in [-0.1, -0.05) is 24.3 Å². The summed E-state index contributed by atoms with van der Waals surface area (Å²) in [5.41, 5.74) is 3.91. The number of aromatic amines is 1. The van der Waals surface area contributed by atoms with Crippen molar-refractivity contribution in [2.75, 3.05) is 0 Å². The van der Waals surface area contributed by atoms with E-state index in [1.54, 1.807) is 20.8 Å². The third-order valence-electron chi connectivity index (χ3n) is 5.86. The molecular weight excluding hydrogens is 394 g/mol. The molecule has 0 fully saturated rings. The molecule has 1 aromatic heterocycles. The van der Waals surface area contributed by atoms with Crippen molar-refractivity contribution in [3.63, 3.8) is 0 Å². The smallest absolute Gasteiger partial charge is 0.306 e. The number of carbonyl (C=O) groups is 2. The summed E-state index contributed by atoms with van der Waals surface area (Å²) in [6.45, 7) is 4.99. The van der Waals surface area contributed by atoms with Gasteiger partial charge in [0.25, 0.3) is 11.5 Å². The number of hydrogen-bond acceptors (Lipinski definition) is 5. The van der Waals surface area contributed by atoms with Crippen LogP contribution in [0.4, 0.5) is 0 Å². The zero-order valence-electron chi connectivity index (χ0n) is 18.1. The Hall–Kier alpha value is -3.40. The molecule has 1 aromatic carbocycles. The summed E-state index contributed by atoms with van der Waals surface area (Å²) in [7, 11) is 0. The van der Waals surface area contributed by atoms with Crippen molar-refractivity contribution in [3.8, 4) is 6.07 Å². The van der Waals surface area contributed by atoms with Crippen molar-refractivity contribution in [2.24, 2.45) is 0 Å². The van der Waals surface area contributed by atoms with E-state index in [-0.39, 0.29) is 23.9 Å². The average molecular weight is 421 g/mol. The molecule has 162 valence electrons. The van der Waals surface area contributed by atoms with Crippen molar-refractivity contribution in [3.05, 3.63) is 68.1 Å². The quantitative estimate of drug-likeness (QED) is 0.697. The SMILES string of the molecule is Cc1[nH]c(=O)c(C#N)c(C)c1CCC(=O)O[C@H](C)C(=O)N[C@H]1CCCc2ccccc21. The highest BCUT2D eigenvalue weighted by Gasteiger charge is 2.25. The standard InChI is InChI=1S/C24H27N3O4/c1-14-18(15(2)26-24(30)20(14)13-25)11-12-22(28)31-16(3)23(29)27-21-10-6-8-17-7-4-5-9-19(17)21/h4-5,7,9,16,21H,6,8,10-12H2,1-3H3,(H,26,30)(H,27,29)/t16-,21+/m1/s1. The van der Waals surface area contributed by atoms with E-state index >= 15 is 0 Å². The Bertz CT molecular complexity index is 1100. The number of aryl methyl sites for hydroxylation is 2. The van der Waals surface area contributed by atoms with Crippen LogP contribution in [0.2, 0.25) is 0 Å². The molecular formula is C24H27N3O4. The highest BCUT2D eigenvalue weighted by molar-refractivity contribution is 5.83. The topological polar surface area (TPSA) is 112 Å². The fourth-order valence-electron chi connectivity index (χ4n) is 4.15. The van der Waals surface area contributed by atoms with Gasteiger partial charge >= 0.3 is 5.97 Å². The van der Waals surface area contributed by atoms with Gasteiger partial charge in [0.1, 0.15) is 11.6 Å². The maximum absolute atomic E-state index is 12.6. The molecule has 3 rings (SSSR count). The van der Waals surface area contributed by atoms with E-state index in [1.165, 1.54) is 5.56 Å². The van der Waals surface area contributed by atoms with Crippen molar-refractivity contribution < 1.29 is 14.3 Å². The summed E-state index contributed by atoms with van der Waals surface area (Å²) in [5.74, 6) is -0.826. The molecule has 0 saturated heterocycles. The van der Waals surface area contributed by atoms with E-state index in [4.69, 9.17) is 10.00 Å². The van der Waals surface area contributed by atoms with Crippen LogP contribution in [0.5, 0.6) is 0 Å². The lowest BCUT2D eigenvalue weighted by atomic mass is 9.87. The lowest BCUT2D eigenvalue weighted by Gasteiger charge is -2.27. The summed E-state index contributed by atoms with van der Waals surface area (Å²) in [5, 5.41) is 12.2. The fourth-order valence-corrected chi connectivity index (χ4v) is 4.15. The Morgan fingerprint density at radius 1 is 1.32 bits per heavy atom. The Labute approximate surface area is 181 Å². The molecule has 2 N–H and O–H groups in total. The van der Waals surface area contributed by atoms with Gasteiger partial charge in [-0.25, -0.2) is 0 Å². The number of carbonyl (C=O) groups excluding carboxylic acids is 2. The van der Waals surface area contributed by atoms with Crippen LogP contribution in [0.1, 0.15) is 65.7 Å². The van der Waals surface area contributed by atoms with E-state index in [9.17, 15) is 14.4 Å². The highest BCUT2D eigenvalue weighted by atomic mass is 16.5. The second-order valence-corrected chi connectivity index (χ2v) is 7.95.